The molecule has 0 radical (unpaired) electrons. The molecule has 2 heterocycles. The van der Waals surface area contributed by atoms with E-state index in [0.29, 0.717) is 0 Å². The summed E-state index contributed by atoms with van der Waals surface area (Å²) in [5.74, 6) is 0.112. The van der Waals surface area contributed by atoms with Crippen molar-refractivity contribution in [2.45, 2.75) is 0 Å². The quantitative estimate of drug-likeness (QED) is 0.846. The summed E-state index contributed by atoms with van der Waals surface area (Å²) in [6, 6.07) is 5.94. The van der Waals surface area contributed by atoms with Crippen molar-refractivity contribution >= 4 is 32.7 Å². The van der Waals surface area contributed by atoms with E-state index in [1.54, 1.807) is 0 Å². The van der Waals surface area contributed by atoms with Gasteiger partial charge in [0.05, 0.1) is 5.56 Å². The molecule has 0 unspecified atom stereocenters. The summed E-state index contributed by atoms with van der Waals surface area (Å²) < 4.78 is 0.990. The first kappa shape index (κ1) is 11.7. The molecule has 0 atom stereocenters. The second-order valence-corrected chi connectivity index (χ2v) is 5.35. The van der Waals surface area contributed by atoms with Crippen LogP contribution in [0.2, 0.25) is 0 Å². The number of nitrogens with one attached hydrogen (secondary N) is 2. The maximum Gasteiger partial charge on any atom is 0.256 e. The van der Waals surface area contributed by atoms with Crippen LogP contribution in [0.1, 0.15) is 10.4 Å². The first-order valence-electron chi connectivity index (χ1n) is 6.02. The zero-order chi connectivity index (χ0) is 12.5. The fourth-order valence-electron chi connectivity index (χ4n) is 2.31. The Balaban J connectivity index is 1.98. The Morgan fingerprint density at radius 2 is 2.06 bits per heavy atom. The summed E-state index contributed by atoms with van der Waals surface area (Å²) in [4.78, 5) is 17.5. The van der Waals surface area contributed by atoms with Gasteiger partial charge < -0.3 is 15.2 Å². The predicted octanol–water partition coefficient (Wildman–Crippen LogP) is 1.98. The number of H-pyrrole nitrogens is 1. The van der Waals surface area contributed by atoms with E-state index in [4.69, 9.17) is 0 Å². The molecule has 1 aromatic heterocycles. The van der Waals surface area contributed by atoms with Crippen molar-refractivity contribution in [2.75, 3.05) is 26.2 Å². The number of amides is 1. The van der Waals surface area contributed by atoms with Crippen molar-refractivity contribution in [3.8, 4) is 0 Å². The standard InChI is InChI=1S/C13H14BrN3O/c14-9-1-2-12-10(7-9)11(8-16-12)13(18)17-5-3-15-4-6-17/h1-2,7-8,15-16H,3-6H2. The monoisotopic (exact) mass is 307 g/mol. The first-order chi connectivity index (χ1) is 8.75. The molecular formula is C13H14BrN3O. The highest BCUT2D eigenvalue weighted by Crippen LogP contribution is 2.23. The van der Waals surface area contributed by atoms with E-state index in [-0.39, 0.29) is 5.91 Å². The van der Waals surface area contributed by atoms with Gasteiger partial charge in [-0.3, -0.25) is 4.79 Å². The number of fused-ring (bicyclic) bond motifs is 1. The number of rotatable bonds is 1. The Morgan fingerprint density at radius 1 is 1.28 bits per heavy atom. The van der Waals surface area contributed by atoms with Crippen molar-refractivity contribution in [3.63, 3.8) is 0 Å². The minimum Gasteiger partial charge on any atom is -0.360 e. The molecule has 1 aliphatic rings. The SMILES string of the molecule is O=C(c1c[nH]c2ccc(Br)cc12)N1CCNCC1. The molecule has 4 nitrogen and oxygen atoms in total. The second kappa shape index (κ2) is 4.74. The molecule has 0 saturated carbocycles. The molecule has 1 fully saturated rings. The summed E-state index contributed by atoms with van der Waals surface area (Å²) in [7, 11) is 0. The Morgan fingerprint density at radius 3 is 2.83 bits per heavy atom. The van der Waals surface area contributed by atoms with E-state index in [9.17, 15) is 4.79 Å². The number of nitrogens with zero attached hydrogens (tertiary/aromatic N) is 1. The first-order valence-corrected chi connectivity index (χ1v) is 6.81. The van der Waals surface area contributed by atoms with Crippen LogP contribution in [0.3, 0.4) is 0 Å². The molecule has 0 spiro atoms. The molecule has 5 heteroatoms. The van der Waals surface area contributed by atoms with Crippen molar-refractivity contribution < 1.29 is 4.79 Å². The summed E-state index contributed by atoms with van der Waals surface area (Å²) in [5.41, 5.74) is 1.75. The number of carbonyl (C=O) groups is 1. The summed E-state index contributed by atoms with van der Waals surface area (Å²) >= 11 is 3.45. The molecule has 1 aliphatic heterocycles. The zero-order valence-corrected chi connectivity index (χ0v) is 11.5. The van der Waals surface area contributed by atoms with Gasteiger partial charge >= 0.3 is 0 Å². The maximum absolute atomic E-state index is 12.4. The highest BCUT2D eigenvalue weighted by atomic mass is 79.9. The van der Waals surface area contributed by atoms with Gasteiger partial charge in [-0.25, -0.2) is 0 Å². The molecule has 0 bridgehead atoms. The van der Waals surface area contributed by atoms with Gasteiger partial charge in [-0.2, -0.15) is 0 Å². The average Bonchev–Trinajstić information content (AvgIpc) is 2.82. The molecule has 2 aromatic rings. The highest BCUT2D eigenvalue weighted by molar-refractivity contribution is 9.10. The molecule has 2 N–H and O–H groups in total. The third-order valence-corrected chi connectivity index (χ3v) is 3.77. The smallest absolute Gasteiger partial charge is 0.256 e. The van der Waals surface area contributed by atoms with Crippen molar-refractivity contribution in [1.82, 2.24) is 15.2 Å². The number of piperazine rings is 1. The van der Waals surface area contributed by atoms with E-state index in [2.05, 4.69) is 26.2 Å². The van der Waals surface area contributed by atoms with Crippen LogP contribution in [0.15, 0.2) is 28.9 Å². The van der Waals surface area contributed by atoms with Gasteiger partial charge in [0.1, 0.15) is 0 Å². The lowest BCUT2D eigenvalue weighted by Crippen LogP contribution is -2.46. The van der Waals surface area contributed by atoms with Gasteiger partial charge in [0.15, 0.2) is 0 Å². The minimum atomic E-state index is 0.112. The minimum absolute atomic E-state index is 0.112. The van der Waals surface area contributed by atoms with Crippen molar-refractivity contribution in [2.24, 2.45) is 0 Å². The maximum atomic E-state index is 12.4. The zero-order valence-electron chi connectivity index (χ0n) is 9.87. The Bertz CT molecular complexity index is 587. The second-order valence-electron chi connectivity index (χ2n) is 4.43. The molecular weight excluding hydrogens is 294 g/mol. The van der Waals surface area contributed by atoms with E-state index in [1.165, 1.54) is 0 Å². The summed E-state index contributed by atoms with van der Waals surface area (Å²) in [6.45, 7) is 3.30. The summed E-state index contributed by atoms with van der Waals surface area (Å²) in [5, 5.41) is 4.23. The Hall–Kier alpha value is -1.33. The number of hydrogen-bond donors (Lipinski definition) is 2. The van der Waals surface area contributed by atoms with Crippen molar-refractivity contribution in [1.29, 1.82) is 0 Å². The largest absolute Gasteiger partial charge is 0.360 e. The number of benzene rings is 1. The molecule has 1 saturated heterocycles. The Labute approximate surface area is 113 Å². The molecule has 18 heavy (non-hydrogen) atoms. The van der Waals surface area contributed by atoms with Crippen LogP contribution in [0, 0.1) is 0 Å². The lowest BCUT2D eigenvalue weighted by molar-refractivity contribution is 0.0738. The lowest BCUT2D eigenvalue weighted by Gasteiger charge is -2.27. The van der Waals surface area contributed by atoms with Gasteiger partial charge in [0, 0.05) is 47.8 Å². The van der Waals surface area contributed by atoms with E-state index < -0.39 is 0 Å². The number of halogens is 1. The van der Waals surface area contributed by atoms with Gasteiger partial charge in [-0.1, -0.05) is 15.9 Å². The van der Waals surface area contributed by atoms with E-state index in [1.807, 2.05) is 29.3 Å². The number of aromatic amines is 1. The lowest BCUT2D eigenvalue weighted by atomic mass is 10.1. The van der Waals surface area contributed by atoms with E-state index in [0.717, 1.165) is 47.1 Å². The van der Waals surface area contributed by atoms with Gasteiger partial charge in [-0.15, -0.1) is 0 Å². The topological polar surface area (TPSA) is 48.1 Å². The fraction of sp³-hybridized carbons (Fsp3) is 0.308. The van der Waals surface area contributed by atoms with Gasteiger partial charge in [-0.05, 0) is 18.2 Å². The third kappa shape index (κ3) is 2.04. The van der Waals surface area contributed by atoms with Crippen LogP contribution >= 0.6 is 15.9 Å². The van der Waals surface area contributed by atoms with Gasteiger partial charge in [0.25, 0.3) is 5.91 Å². The van der Waals surface area contributed by atoms with Gasteiger partial charge in [0.2, 0.25) is 0 Å². The number of hydrogen-bond acceptors (Lipinski definition) is 2. The molecule has 3 rings (SSSR count). The normalized spacial score (nSPS) is 16.2. The molecule has 1 amide bonds. The summed E-state index contributed by atoms with van der Waals surface area (Å²) in [6.07, 6.45) is 1.81. The van der Waals surface area contributed by atoms with Crippen LogP contribution in [0.25, 0.3) is 10.9 Å². The Kier molecular flexibility index (Phi) is 3.09. The number of carbonyl (C=O) groups excluding carboxylic acids is 1. The average molecular weight is 308 g/mol. The van der Waals surface area contributed by atoms with Crippen LogP contribution in [-0.4, -0.2) is 42.0 Å². The van der Waals surface area contributed by atoms with E-state index >= 15 is 0 Å². The van der Waals surface area contributed by atoms with Crippen LogP contribution in [0.4, 0.5) is 0 Å². The number of aromatic nitrogens is 1. The van der Waals surface area contributed by atoms with Crippen LogP contribution in [-0.2, 0) is 0 Å². The highest BCUT2D eigenvalue weighted by Gasteiger charge is 2.20. The van der Waals surface area contributed by atoms with Crippen LogP contribution < -0.4 is 5.32 Å². The molecule has 1 aromatic carbocycles. The van der Waals surface area contributed by atoms with Crippen LogP contribution in [0.5, 0.6) is 0 Å². The fourth-order valence-corrected chi connectivity index (χ4v) is 2.67. The van der Waals surface area contributed by atoms with Crippen molar-refractivity contribution in [3.05, 3.63) is 34.4 Å². The molecule has 0 aliphatic carbocycles. The third-order valence-electron chi connectivity index (χ3n) is 3.28. The predicted molar refractivity (Wildman–Crippen MR) is 74.8 cm³/mol. The molecule has 94 valence electrons.